The van der Waals surface area contributed by atoms with Crippen molar-refractivity contribution in [2.75, 3.05) is 0 Å². The first kappa shape index (κ1) is 10.5. The van der Waals surface area contributed by atoms with Crippen LogP contribution in [0.15, 0.2) is 29.3 Å². The zero-order valence-corrected chi connectivity index (χ0v) is 6.95. The Morgan fingerprint density at radius 2 is 2.07 bits per heavy atom. The molecule has 1 atom stereocenters. The minimum absolute atomic E-state index is 0.0386. The first-order valence-electron chi connectivity index (χ1n) is 3.75. The minimum Gasteiger partial charge on any atom is -0.211 e. The molecule has 5 heteroatoms. The first-order valence-corrected chi connectivity index (χ1v) is 3.75. The average Bonchev–Trinajstić information content (AvgIpc) is 2.13. The van der Waals surface area contributed by atoms with E-state index < -0.39 is 18.3 Å². The number of benzene rings is 1. The van der Waals surface area contributed by atoms with Gasteiger partial charge in [0.05, 0.1) is 0 Å². The Balaban J connectivity index is 3.04. The monoisotopic (exact) mass is 201 g/mol. The smallest absolute Gasteiger partial charge is 0.211 e. The van der Waals surface area contributed by atoms with Crippen LogP contribution in [0.3, 0.4) is 0 Å². The molecule has 0 bridgehead atoms. The van der Waals surface area contributed by atoms with Gasteiger partial charge in [-0.25, -0.2) is 18.0 Å². The Bertz CT molecular complexity index is 361. The number of rotatable bonds is 3. The number of isocyanates is 1. The predicted octanol–water partition coefficient (Wildman–Crippen LogP) is 2.47. The maximum atomic E-state index is 12.6. The fourth-order valence-corrected chi connectivity index (χ4v) is 1.02. The molecule has 0 aliphatic carbocycles. The Morgan fingerprint density at radius 3 is 2.57 bits per heavy atom. The van der Waals surface area contributed by atoms with E-state index in [0.29, 0.717) is 0 Å². The number of hydrogen-bond acceptors (Lipinski definition) is 2. The molecule has 0 aromatic heterocycles. The van der Waals surface area contributed by atoms with E-state index in [2.05, 4.69) is 4.99 Å². The Kier molecular flexibility index (Phi) is 3.42. The van der Waals surface area contributed by atoms with Crippen molar-refractivity contribution in [1.29, 1.82) is 0 Å². The summed E-state index contributed by atoms with van der Waals surface area (Å²) in [7, 11) is 0. The second kappa shape index (κ2) is 4.58. The maximum absolute atomic E-state index is 12.6. The lowest BCUT2D eigenvalue weighted by Gasteiger charge is -2.08. The average molecular weight is 201 g/mol. The summed E-state index contributed by atoms with van der Waals surface area (Å²) in [5, 5.41) is 0. The SMILES string of the molecule is O=C=NC(c1cccc(F)c1)C(F)F. The van der Waals surface area contributed by atoms with Crippen molar-refractivity contribution in [2.24, 2.45) is 4.99 Å². The minimum atomic E-state index is -2.85. The molecule has 0 radical (unpaired) electrons. The second-order valence-corrected chi connectivity index (χ2v) is 2.55. The van der Waals surface area contributed by atoms with Crippen LogP contribution < -0.4 is 0 Å². The van der Waals surface area contributed by atoms with E-state index in [-0.39, 0.29) is 5.56 Å². The molecular weight excluding hydrogens is 195 g/mol. The lowest BCUT2D eigenvalue weighted by Crippen LogP contribution is -2.06. The highest BCUT2D eigenvalue weighted by Gasteiger charge is 2.21. The van der Waals surface area contributed by atoms with Gasteiger partial charge >= 0.3 is 0 Å². The van der Waals surface area contributed by atoms with E-state index in [0.717, 1.165) is 18.2 Å². The fourth-order valence-electron chi connectivity index (χ4n) is 1.02. The summed E-state index contributed by atoms with van der Waals surface area (Å²) < 4.78 is 37.3. The van der Waals surface area contributed by atoms with Crippen LogP contribution in [-0.4, -0.2) is 12.5 Å². The number of hydrogen-bond donors (Lipinski definition) is 0. The zero-order chi connectivity index (χ0) is 10.6. The van der Waals surface area contributed by atoms with Crippen molar-refractivity contribution < 1.29 is 18.0 Å². The largest absolute Gasteiger partial charge is 0.265 e. The van der Waals surface area contributed by atoms with Gasteiger partial charge in [-0.15, -0.1) is 0 Å². The highest BCUT2D eigenvalue weighted by atomic mass is 19.3. The van der Waals surface area contributed by atoms with Crippen molar-refractivity contribution in [3.8, 4) is 0 Å². The normalized spacial score (nSPS) is 12.3. The third-order valence-corrected chi connectivity index (χ3v) is 1.62. The molecule has 0 aliphatic heterocycles. The molecule has 1 unspecified atom stereocenters. The maximum Gasteiger partial charge on any atom is 0.265 e. The predicted molar refractivity (Wildman–Crippen MR) is 43.3 cm³/mol. The van der Waals surface area contributed by atoms with Gasteiger partial charge in [-0.2, -0.15) is 4.99 Å². The Hall–Kier alpha value is -1.61. The van der Waals surface area contributed by atoms with Crippen molar-refractivity contribution in [2.45, 2.75) is 12.5 Å². The topological polar surface area (TPSA) is 29.4 Å². The van der Waals surface area contributed by atoms with Crippen LogP contribution in [0.5, 0.6) is 0 Å². The summed E-state index contributed by atoms with van der Waals surface area (Å²) in [6.45, 7) is 0. The number of halogens is 3. The van der Waals surface area contributed by atoms with Gasteiger partial charge in [-0.05, 0) is 17.7 Å². The van der Waals surface area contributed by atoms with Crippen LogP contribution in [-0.2, 0) is 4.79 Å². The lowest BCUT2D eigenvalue weighted by molar-refractivity contribution is 0.117. The van der Waals surface area contributed by atoms with Gasteiger partial charge in [0, 0.05) is 0 Å². The van der Waals surface area contributed by atoms with E-state index >= 15 is 0 Å². The molecule has 0 N–H and O–H groups in total. The van der Waals surface area contributed by atoms with E-state index in [4.69, 9.17) is 0 Å². The quantitative estimate of drug-likeness (QED) is 0.545. The van der Waals surface area contributed by atoms with Crippen LogP contribution in [0.1, 0.15) is 11.6 Å². The summed E-state index contributed by atoms with van der Waals surface area (Å²) in [6, 6.07) is 2.96. The van der Waals surface area contributed by atoms with Crippen LogP contribution in [0, 0.1) is 5.82 Å². The molecular formula is C9H6F3NO. The highest BCUT2D eigenvalue weighted by molar-refractivity contribution is 5.35. The molecule has 0 aliphatic rings. The summed E-state index contributed by atoms with van der Waals surface area (Å²) in [5.41, 5.74) is -0.0386. The molecule has 0 saturated heterocycles. The molecule has 2 nitrogen and oxygen atoms in total. The molecule has 0 spiro atoms. The van der Waals surface area contributed by atoms with Crippen LogP contribution in [0.25, 0.3) is 0 Å². The van der Waals surface area contributed by atoms with E-state index in [1.54, 1.807) is 0 Å². The zero-order valence-electron chi connectivity index (χ0n) is 6.95. The van der Waals surface area contributed by atoms with E-state index in [9.17, 15) is 18.0 Å². The molecule has 14 heavy (non-hydrogen) atoms. The molecule has 1 aromatic rings. The third kappa shape index (κ3) is 2.44. The molecule has 1 aromatic carbocycles. The third-order valence-electron chi connectivity index (χ3n) is 1.62. The summed E-state index contributed by atoms with van der Waals surface area (Å²) >= 11 is 0. The number of aliphatic imine (C=N–C) groups is 1. The van der Waals surface area contributed by atoms with Crippen molar-refractivity contribution in [3.63, 3.8) is 0 Å². The molecule has 74 valence electrons. The first-order chi connectivity index (χ1) is 6.65. The van der Waals surface area contributed by atoms with Gasteiger partial charge in [0.15, 0.2) is 0 Å². The Labute approximate surface area is 78.1 Å². The van der Waals surface area contributed by atoms with Gasteiger partial charge in [0.25, 0.3) is 6.43 Å². The van der Waals surface area contributed by atoms with E-state index in [1.807, 2.05) is 0 Å². The molecule has 1 rings (SSSR count). The number of alkyl halides is 2. The molecule has 0 fully saturated rings. The van der Waals surface area contributed by atoms with Gasteiger partial charge < -0.3 is 0 Å². The van der Waals surface area contributed by atoms with Gasteiger partial charge in [-0.1, -0.05) is 12.1 Å². The van der Waals surface area contributed by atoms with Crippen LogP contribution in [0.4, 0.5) is 13.2 Å². The van der Waals surface area contributed by atoms with Crippen LogP contribution in [0.2, 0.25) is 0 Å². The summed E-state index contributed by atoms with van der Waals surface area (Å²) in [5.74, 6) is -0.644. The lowest BCUT2D eigenvalue weighted by atomic mass is 10.1. The molecule has 0 heterocycles. The summed E-state index contributed by atoms with van der Waals surface area (Å²) in [6.07, 6.45) is -1.81. The van der Waals surface area contributed by atoms with Crippen molar-refractivity contribution in [1.82, 2.24) is 0 Å². The van der Waals surface area contributed by atoms with Gasteiger partial charge in [0.2, 0.25) is 6.08 Å². The van der Waals surface area contributed by atoms with Crippen LogP contribution >= 0.6 is 0 Å². The van der Waals surface area contributed by atoms with Gasteiger partial charge in [-0.3, -0.25) is 0 Å². The summed E-state index contributed by atoms with van der Waals surface area (Å²) in [4.78, 5) is 12.8. The number of nitrogens with zero attached hydrogens (tertiary/aromatic N) is 1. The van der Waals surface area contributed by atoms with E-state index in [1.165, 1.54) is 12.1 Å². The highest BCUT2D eigenvalue weighted by Crippen LogP contribution is 2.24. The standard InChI is InChI=1S/C9H6F3NO/c10-7-3-1-2-6(4-7)8(9(11)12)13-5-14/h1-4,8-9H. The Morgan fingerprint density at radius 1 is 1.36 bits per heavy atom. The molecule has 0 amide bonds. The fraction of sp³-hybridized carbons (Fsp3) is 0.222. The van der Waals surface area contributed by atoms with Crippen molar-refractivity contribution >= 4 is 6.08 Å². The van der Waals surface area contributed by atoms with Crippen molar-refractivity contribution in [3.05, 3.63) is 35.6 Å². The van der Waals surface area contributed by atoms with Gasteiger partial charge in [0.1, 0.15) is 11.9 Å². The second-order valence-electron chi connectivity index (χ2n) is 2.55. The molecule has 0 saturated carbocycles. The number of carbonyl (C=O) groups excluding carboxylic acids is 1.